The van der Waals surface area contributed by atoms with E-state index in [4.69, 9.17) is 9.47 Å². The van der Waals surface area contributed by atoms with E-state index in [9.17, 15) is 26.4 Å². The summed E-state index contributed by atoms with van der Waals surface area (Å²) >= 11 is 0. The van der Waals surface area contributed by atoms with Gasteiger partial charge in [-0.1, -0.05) is 19.8 Å². The number of rotatable bonds is 14. The first-order chi connectivity index (χ1) is 12.4. The summed E-state index contributed by atoms with van der Waals surface area (Å²) in [4.78, 5) is 23.2. The lowest BCUT2D eigenvalue weighted by Crippen LogP contribution is -2.26. The van der Waals surface area contributed by atoms with Gasteiger partial charge < -0.3 is 9.47 Å². The van der Waals surface area contributed by atoms with Crippen molar-refractivity contribution in [3.8, 4) is 0 Å². The standard InChI is InChI=1S/C16H30O9S2/c1-5-12-23-27(21,22)14(3)25-16(18)11-9-7-6-8-10-15(17)24-13(2)26(4,19)20/h13-14H,5-12H2,1-4H3. The summed E-state index contributed by atoms with van der Waals surface area (Å²) in [5.41, 5.74) is -2.53. The second-order valence-electron chi connectivity index (χ2n) is 6.17. The second kappa shape index (κ2) is 12.3. The molecule has 0 heterocycles. The first kappa shape index (κ1) is 25.8. The van der Waals surface area contributed by atoms with E-state index in [0.29, 0.717) is 32.1 Å². The average Bonchev–Trinajstić information content (AvgIpc) is 2.55. The Morgan fingerprint density at radius 1 is 0.815 bits per heavy atom. The van der Waals surface area contributed by atoms with E-state index < -0.39 is 42.8 Å². The maximum Gasteiger partial charge on any atom is 0.307 e. The van der Waals surface area contributed by atoms with Gasteiger partial charge in [0.1, 0.15) is 0 Å². The van der Waals surface area contributed by atoms with Crippen LogP contribution >= 0.6 is 0 Å². The van der Waals surface area contributed by atoms with E-state index in [1.165, 1.54) is 13.8 Å². The highest BCUT2D eigenvalue weighted by atomic mass is 32.2. The third-order valence-corrected chi connectivity index (χ3v) is 6.27. The molecule has 27 heavy (non-hydrogen) atoms. The Morgan fingerprint density at radius 3 is 1.67 bits per heavy atom. The van der Waals surface area contributed by atoms with Crippen LogP contribution in [0.25, 0.3) is 0 Å². The fourth-order valence-electron chi connectivity index (χ4n) is 1.82. The smallest absolute Gasteiger partial charge is 0.307 e. The highest BCUT2D eigenvalue weighted by Crippen LogP contribution is 2.11. The Kier molecular flexibility index (Phi) is 11.7. The molecule has 0 aromatic carbocycles. The second-order valence-corrected chi connectivity index (χ2v) is 10.4. The molecule has 0 saturated carbocycles. The van der Waals surface area contributed by atoms with Crippen LogP contribution in [0.5, 0.6) is 0 Å². The Hall–Kier alpha value is -1.20. The predicted octanol–water partition coefficient (Wildman–Crippen LogP) is 1.91. The maximum atomic E-state index is 11.7. The van der Waals surface area contributed by atoms with Gasteiger partial charge in [0.15, 0.2) is 15.3 Å². The van der Waals surface area contributed by atoms with Gasteiger partial charge in [0, 0.05) is 19.1 Å². The lowest BCUT2D eigenvalue weighted by atomic mass is 10.1. The molecule has 0 amide bonds. The zero-order valence-electron chi connectivity index (χ0n) is 16.3. The van der Waals surface area contributed by atoms with E-state index in [-0.39, 0.29) is 19.4 Å². The molecule has 2 atom stereocenters. The summed E-state index contributed by atoms with van der Waals surface area (Å²) in [6.45, 7) is 4.34. The summed E-state index contributed by atoms with van der Waals surface area (Å²) in [5.74, 6) is -1.22. The summed E-state index contributed by atoms with van der Waals surface area (Å²) in [7, 11) is -7.34. The molecule has 0 N–H and O–H groups in total. The minimum atomic E-state index is -3.92. The van der Waals surface area contributed by atoms with Gasteiger partial charge in [0.2, 0.25) is 5.44 Å². The molecular formula is C16H30O9S2. The van der Waals surface area contributed by atoms with Crippen molar-refractivity contribution < 1.29 is 40.1 Å². The predicted molar refractivity (Wildman–Crippen MR) is 98.8 cm³/mol. The minimum Gasteiger partial charge on any atom is -0.446 e. The van der Waals surface area contributed by atoms with Crippen LogP contribution in [-0.4, -0.2) is 52.5 Å². The van der Waals surface area contributed by atoms with Gasteiger partial charge in [-0.2, -0.15) is 8.42 Å². The normalized spacial score (nSPS) is 14.4. The summed E-state index contributed by atoms with van der Waals surface area (Å²) < 4.78 is 60.0. The number of sulfone groups is 1. The lowest BCUT2D eigenvalue weighted by Gasteiger charge is -2.13. The van der Waals surface area contributed by atoms with Crippen LogP contribution in [0.2, 0.25) is 0 Å². The van der Waals surface area contributed by atoms with Crippen molar-refractivity contribution in [2.24, 2.45) is 0 Å². The van der Waals surface area contributed by atoms with Crippen molar-refractivity contribution in [1.29, 1.82) is 0 Å². The van der Waals surface area contributed by atoms with Crippen LogP contribution in [0.4, 0.5) is 0 Å². The van der Waals surface area contributed by atoms with Gasteiger partial charge in [-0.05, 0) is 33.1 Å². The van der Waals surface area contributed by atoms with Gasteiger partial charge in [0.05, 0.1) is 6.61 Å². The monoisotopic (exact) mass is 430 g/mol. The Balaban J connectivity index is 3.93. The van der Waals surface area contributed by atoms with E-state index in [0.717, 1.165) is 6.26 Å². The molecule has 9 nitrogen and oxygen atoms in total. The summed E-state index contributed by atoms with van der Waals surface area (Å²) in [6.07, 6.45) is 3.93. The number of hydrogen-bond acceptors (Lipinski definition) is 9. The first-order valence-corrected chi connectivity index (χ1v) is 12.3. The average molecular weight is 431 g/mol. The van der Waals surface area contributed by atoms with Gasteiger partial charge in [-0.25, -0.2) is 8.42 Å². The molecule has 160 valence electrons. The van der Waals surface area contributed by atoms with Crippen LogP contribution < -0.4 is 0 Å². The first-order valence-electron chi connectivity index (χ1n) is 8.86. The van der Waals surface area contributed by atoms with Crippen molar-refractivity contribution in [3.05, 3.63) is 0 Å². The third kappa shape index (κ3) is 12.0. The zero-order valence-corrected chi connectivity index (χ0v) is 17.9. The van der Waals surface area contributed by atoms with Gasteiger partial charge in [0.25, 0.3) is 0 Å². The van der Waals surface area contributed by atoms with Crippen molar-refractivity contribution >= 4 is 31.9 Å². The van der Waals surface area contributed by atoms with E-state index in [2.05, 4.69) is 4.18 Å². The molecule has 0 fully saturated rings. The fourth-order valence-corrected chi connectivity index (χ4v) is 2.92. The minimum absolute atomic E-state index is 0.0373. The summed E-state index contributed by atoms with van der Waals surface area (Å²) in [5, 5.41) is 0. The topological polar surface area (TPSA) is 130 Å². The van der Waals surface area contributed by atoms with E-state index in [1.807, 2.05) is 0 Å². The van der Waals surface area contributed by atoms with Crippen LogP contribution in [0.1, 0.15) is 65.7 Å². The number of esters is 2. The zero-order chi connectivity index (χ0) is 21.1. The molecule has 0 spiro atoms. The van der Waals surface area contributed by atoms with Crippen molar-refractivity contribution in [3.63, 3.8) is 0 Å². The van der Waals surface area contributed by atoms with E-state index in [1.54, 1.807) is 6.92 Å². The number of ether oxygens (including phenoxy) is 2. The van der Waals surface area contributed by atoms with Crippen LogP contribution in [0, 0.1) is 0 Å². The number of carbonyl (C=O) groups is 2. The van der Waals surface area contributed by atoms with Gasteiger partial charge in [-0.15, -0.1) is 0 Å². The number of carbonyl (C=O) groups excluding carboxylic acids is 2. The number of hydrogen-bond donors (Lipinski definition) is 0. The highest BCUT2D eigenvalue weighted by Gasteiger charge is 2.25. The molecule has 0 aliphatic heterocycles. The van der Waals surface area contributed by atoms with Crippen molar-refractivity contribution in [1.82, 2.24) is 0 Å². The Morgan fingerprint density at radius 2 is 1.26 bits per heavy atom. The molecule has 0 aliphatic rings. The van der Waals surface area contributed by atoms with Gasteiger partial charge in [-0.3, -0.25) is 13.8 Å². The van der Waals surface area contributed by atoms with Gasteiger partial charge >= 0.3 is 22.1 Å². The Labute approximate surface area is 161 Å². The van der Waals surface area contributed by atoms with Crippen molar-refractivity contribution in [2.45, 2.75) is 76.6 Å². The third-order valence-electron chi connectivity index (χ3n) is 3.57. The van der Waals surface area contributed by atoms with Crippen LogP contribution in [0.15, 0.2) is 0 Å². The van der Waals surface area contributed by atoms with Crippen LogP contribution in [0.3, 0.4) is 0 Å². The quantitative estimate of drug-likeness (QED) is 0.230. The SMILES string of the molecule is CCCOS(=O)(=O)C(C)OC(=O)CCCCCCC(=O)OC(C)S(C)(=O)=O. The highest BCUT2D eigenvalue weighted by molar-refractivity contribution is 7.91. The Bertz CT molecular complexity index is 668. The molecule has 0 aromatic heterocycles. The largest absolute Gasteiger partial charge is 0.446 e. The van der Waals surface area contributed by atoms with Crippen molar-refractivity contribution in [2.75, 3.05) is 12.9 Å². The van der Waals surface area contributed by atoms with E-state index >= 15 is 0 Å². The lowest BCUT2D eigenvalue weighted by molar-refractivity contribution is -0.146. The summed E-state index contributed by atoms with van der Waals surface area (Å²) in [6, 6.07) is 0. The molecule has 0 radical (unpaired) electrons. The molecular weight excluding hydrogens is 400 g/mol. The number of unbranched alkanes of at least 4 members (excludes halogenated alkanes) is 3. The maximum absolute atomic E-state index is 11.7. The molecule has 0 aromatic rings. The van der Waals surface area contributed by atoms with Crippen LogP contribution in [-0.2, 0) is 43.2 Å². The fraction of sp³-hybridized carbons (Fsp3) is 0.875. The molecule has 11 heteroatoms. The molecule has 0 saturated heterocycles. The molecule has 0 bridgehead atoms. The molecule has 0 aliphatic carbocycles. The molecule has 2 unspecified atom stereocenters. The molecule has 0 rings (SSSR count).